The van der Waals surface area contributed by atoms with Gasteiger partial charge in [-0.1, -0.05) is 51.0 Å². The van der Waals surface area contributed by atoms with Gasteiger partial charge in [0.2, 0.25) is 0 Å². The summed E-state index contributed by atoms with van der Waals surface area (Å²) in [6, 6.07) is 8.86. The van der Waals surface area contributed by atoms with E-state index in [1.54, 1.807) is 0 Å². The Morgan fingerprint density at radius 3 is 2.44 bits per heavy atom. The monoisotopic (exact) mass is 219 g/mol. The van der Waals surface area contributed by atoms with Gasteiger partial charge in [0, 0.05) is 6.04 Å². The highest BCUT2D eigenvalue weighted by atomic mass is 14.6. The quantitative estimate of drug-likeness (QED) is 0.776. The predicted molar refractivity (Wildman–Crippen MR) is 71.5 cm³/mol. The van der Waals surface area contributed by atoms with Crippen LogP contribution in [0.4, 0.5) is 0 Å². The zero-order valence-corrected chi connectivity index (χ0v) is 10.9. The molecule has 0 saturated carbocycles. The van der Waals surface area contributed by atoms with Crippen LogP contribution in [0.25, 0.3) is 0 Å². The third kappa shape index (κ3) is 4.80. The fraction of sp³-hybridized carbons (Fsp3) is 0.600. The van der Waals surface area contributed by atoms with Crippen LogP contribution >= 0.6 is 0 Å². The minimum atomic E-state index is 0.319. The molecule has 0 spiro atoms. The van der Waals surface area contributed by atoms with Gasteiger partial charge in [0.05, 0.1) is 0 Å². The molecular weight excluding hydrogens is 194 g/mol. The Morgan fingerprint density at radius 1 is 1.12 bits per heavy atom. The smallest absolute Gasteiger partial charge is 0.00794 e. The van der Waals surface area contributed by atoms with Gasteiger partial charge in [-0.2, -0.15) is 0 Å². The lowest BCUT2D eigenvalue weighted by atomic mass is 9.97. The summed E-state index contributed by atoms with van der Waals surface area (Å²) in [7, 11) is 0. The Labute approximate surface area is 100 Å². The molecule has 90 valence electrons. The second-order valence-corrected chi connectivity index (χ2v) is 5.22. The first-order valence-electron chi connectivity index (χ1n) is 6.39. The Morgan fingerprint density at radius 2 is 1.81 bits per heavy atom. The van der Waals surface area contributed by atoms with Crippen LogP contribution < -0.4 is 5.73 Å². The van der Waals surface area contributed by atoms with Gasteiger partial charge in [-0.15, -0.1) is 0 Å². The zero-order chi connectivity index (χ0) is 12.0. The third-order valence-electron chi connectivity index (χ3n) is 3.10. The van der Waals surface area contributed by atoms with Crippen molar-refractivity contribution in [2.24, 2.45) is 11.7 Å². The average Bonchev–Trinajstić information content (AvgIpc) is 2.21. The number of hydrogen-bond acceptors (Lipinski definition) is 1. The molecule has 2 N–H and O–H groups in total. The lowest BCUT2D eigenvalue weighted by Gasteiger charge is -2.14. The van der Waals surface area contributed by atoms with E-state index in [1.165, 1.54) is 24.0 Å². The Bertz CT molecular complexity index is 304. The molecule has 1 unspecified atom stereocenters. The van der Waals surface area contributed by atoms with Crippen LogP contribution in [-0.2, 0) is 6.42 Å². The SMILES string of the molecule is Cc1ccccc1CC(N)CCCC(C)C. The summed E-state index contributed by atoms with van der Waals surface area (Å²) in [5.74, 6) is 0.797. The van der Waals surface area contributed by atoms with Crippen LogP contribution in [0.15, 0.2) is 24.3 Å². The first-order chi connectivity index (χ1) is 7.59. The first kappa shape index (κ1) is 13.2. The van der Waals surface area contributed by atoms with Gasteiger partial charge in [-0.05, 0) is 36.8 Å². The summed E-state index contributed by atoms with van der Waals surface area (Å²) in [5.41, 5.74) is 8.93. The average molecular weight is 219 g/mol. The van der Waals surface area contributed by atoms with Crippen molar-refractivity contribution in [1.82, 2.24) is 0 Å². The van der Waals surface area contributed by atoms with Crippen LogP contribution in [0.1, 0.15) is 44.2 Å². The van der Waals surface area contributed by atoms with Crippen molar-refractivity contribution in [3.8, 4) is 0 Å². The first-order valence-corrected chi connectivity index (χ1v) is 6.39. The molecule has 0 aliphatic carbocycles. The van der Waals surface area contributed by atoms with Gasteiger partial charge in [-0.25, -0.2) is 0 Å². The lowest BCUT2D eigenvalue weighted by molar-refractivity contribution is 0.495. The van der Waals surface area contributed by atoms with E-state index in [9.17, 15) is 0 Å². The molecule has 0 bridgehead atoms. The maximum atomic E-state index is 6.16. The molecule has 0 aromatic heterocycles. The molecule has 1 atom stereocenters. The molecule has 16 heavy (non-hydrogen) atoms. The number of nitrogens with two attached hydrogens (primary N) is 1. The molecule has 0 fully saturated rings. The third-order valence-corrected chi connectivity index (χ3v) is 3.10. The summed E-state index contributed by atoms with van der Waals surface area (Å²) in [5, 5.41) is 0. The van der Waals surface area contributed by atoms with Crippen LogP contribution in [0.2, 0.25) is 0 Å². The largest absolute Gasteiger partial charge is 0.327 e. The van der Waals surface area contributed by atoms with E-state index in [1.807, 2.05) is 0 Å². The fourth-order valence-corrected chi connectivity index (χ4v) is 2.01. The van der Waals surface area contributed by atoms with E-state index in [2.05, 4.69) is 45.0 Å². The molecule has 0 saturated heterocycles. The van der Waals surface area contributed by atoms with Crippen molar-refractivity contribution in [1.29, 1.82) is 0 Å². The number of rotatable bonds is 6. The molecule has 1 aromatic carbocycles. The van der Waals surface area contributed by atoms with Crippen molar-refractivity contribution in [2.45, 2.75) is 52.5 Å². The molecule has 1 heteroatoms. The topological polar surface area (TPSA) is 26.0 Å². The Balaban J connectivity index is 2.34. The van der Waals surface area contributed by atoms with Crippen LogP contribution in [0.3, 0.4) is 0 Å². The van der Waals surface area contributed by atoms with E-state index in [0.29, 0.717) is 6.04 Å². The fourth-order valence-electron chi connectivity index (χ4n) is 2.01. The van der Waals surface area contributed by atoms with Gasteiger partial charge in [0.1, 0.15) is 0 Å². The molecule has 0 radical (unpaired) electrons. The second kappa shape index (κ2) is 6.70. The van der Waals surface area contributed by atoms with E-state index in [0.717, 1.165) is 18.8 Å². The van der Waals surface area contributed by atoms with Crippen LogP contribution in [0, 0.1) is 12.8 Å². The van der Waals surface area contributed by atoms with Gasteiger partial charge in [0.15, 0.2) is 0 Å². The molecule has 0 amide bonds. The van der Waals surface area contributed by atoms with Gasteiger partial charge < -0.3 is 5.73 Å². The highest BCUT2D eigenvalue weighted by Crippen LogP contribution is 2.13. The highest BCUT2D eigenvalue weighted by molar-refractivity contribution is 5.26. The number of benzene rings is 1. The Kier molecular flexibility index (Phi) is 5.54. The molecule has 1 rings (SSSR count). The van der Waals surface area contributed by atoms with E-state index >= 15 is 0 Å². The van der Waals surface area contributed by atoms with Crippen molar-refractivity contribution in [2.75, 3.05) is 0 Å². The van der Waals surface area contributed by atoms with Gasteiger partial charge >= 0.3 is 0 Å². The van der Waals surface area contributed by atoms with Crippen molar-refractivity contribution < 1.29 is 0 Å². The van der Waals surface area contributed by atoms with Crippen molar-refractivity contribution in [3.63, 3.8) is 0 Å². The number of aryl methyl sites for hydroxylation is 1. The summed E-state index contributed by atoms with van der Waals surface area (Å²) in [6.45, 7) is 6.70. The second-order valence-electron chi connectivity index (χ2n) is 5.22. The van der Waals surface area contributed by atoms with Crippen LogP contribution in [0.5, 0.6) is 0 Å². The summed E-state index contributed by atoms with van der Waals surface area (Å²) < 4.78 is 0. The van der Waals surface area contributed by atoms with E-state index < -0.39 is 0 Å². The standard InChI is InChI=1S/C15H25N/c1-12(2)7-6-10-15(16)11-14-9-5-4-8-13(14)3/h4-5,8-9,12,15H,6-7,10-11,16H2,1-3H3. The lowest BCUT2D eigenvalue weighted by Crippen LogP contribution is -2.23. The van der Waals surface area contributed by atoms with Gasteiger partial charge in [0.25, 0.3) is 0 Å². The van der Waals surface area contributed by atoms with Crippen LogP contribution in [-0.4, -0.2) is 6.04 Å². The maximum absolute atomic E-state index is 6.16. The summed E-state index contributed by atoms with van der Waals surface area (Å²) in [6.07, 6.45) is 4.71. The molecule has 0 aliphatic heterocycles. The maximum Gasteiger partial charge on any atom is 0.00794 e. The van der Waals surface area contributed by atoms with Crippen molar-refractivity contribution in [3.05, 3.63) is 35.4 Å². The Hall–Kier alpha value is -0.820. The highest BCUT2D eigenvalue weighted by Gasteiger charge is 2.06. The predicted octanol–water partition coefficient (Wildman–Crippen LogP) is 3.69. The van der Waals surface area contributed by atoms with E-state index in [4.69, 9.17) is 5.73 Å². The number of hydrogen-bond donors (Lipinski definition) is 1. The molecule has 0 aliphatic rings. The summed E-state index contributed by atoms with van der Waals surface area (Å²) >= 11 is 0. The normalized spacial score (nSPS) is 13.1. The molecule has 1 nitrogen and oxygen atoms in total. The molecule has 1 aromatic rings. The van der Waals surface area contributed by atoms with E-state index in [-0.39, 0.29) is 0 Å². The minimum Gasteiger partial charge on any atom is -0.327 e. The zero-order valence-electron chi connectivity index (χ0n) is 10.9. The molecular formula is C15H25N. The van der Waals surface area contributed by atoms with Crippen molar-refractivity contribution >= 4 is 0 Å². The van der Waals surface area contributed by atoms with Gasteiger partial charge in [-0.3, -0.25) is 0 Å². The summed E-state index contributed by atoms with van der Waals surface area (Å²) in [4.78, 5) is 0. The minimum absolute atomic E-state index is 0.319. The molecule has 0 heterocycles.